The second-order valence-corrected chi connectivity index (χ2v) is 3.50. The summed E-state index contributed by atoms with van der Waals surface area (Å²) in [6, 6.07) is 0. The van der Waals surface area contributed by atoms with Crippen LogP contribution in [0.3, 0.4) is 0 Å². The molecule has 0 heterocycles. The van der Waals surface area contributed by atoms with Crippen LogP contribution in [0.1, 0.15) is 33.6 Å². The van der Waals surface area contributed by atoms with Crippen molar-refractivity contribution in [3.63, 3.8) is 0 Å². The van der Waals surface area contributed by atoms with E-state index in [1.165, 1.54) is 5.57 Å². The Labute approximate surface area is 69.4 Å². The van der Waals surface area contributed by atoms with Gasteiger partial charge >= 0.3 is 0 Å². The van der Waals surface area contributed by atoms with Crippen molar-refractivity contribution in [2.24, 2.45) is 0 Å². The van der Waals surface area contributed by atoms with E-state index in [1.54, 1.807) is 0 Å². The number of hydrogen-bond acceptors (Lipinski definition) is 1. The second-order valence-electron chi connectivity index (χ2n) is 3.50. The zero-order valence-corrected chi connectivity index (χ0v) is 7.72. The highest BCUT2D eigenvalue weighted by atomic mass is 16.3. The van der Waals surface area contributed by atoms with Gasteiger partial charge in [0.15, 0.2) is 0 Å². The molecule has 0 unspecified atom stereocenters. The molecule has 1 nitrogen and oxygen atoms in total. The first-order valence-corrected chi connectivity index (χ1v) is 3.97. The van der Waals surface area contributed by atoms with Gasteiger partial charge in [0.05, 0.1) is 5.60 Å². The Hall–Kier alpha value is -0.560. The monoisotopic (exact) mass is 154 g/mol. The highest BCUT2D eigenvalue weighted by Gasteiger charge is 2.09. The molecule has 0 radical (unpaired) electrons. The summed E-state index contributed by atoms with van der Waals surface area (Å²) < 4.78 is 0. The maximum Gasteiger partial charge on any atom is 0.0594 e. The minimum Gasteiger partial charge on any atom is -0.390 e. The number of allylic oxidation sites excluding steroid dienone is 3. The Balaban J connectivity index is 3.65. The van der Waals surface area contributed by atoms with Gasteiger partial charge in [0.2, 0.25) is 0 Å². The molecule has 0 amide bonds. The van der Waals surface area contributed by atoms with Crippen LogP contribution in [-0.4, -0.2) is 10.7 Å². The molecule has 0 bridgehead atoms. The first kappa shape index (κ1) is 10.4. The molecular formula is C10H18O. The van der Waals surface area contributed by atoms with Crippen molar-refractivity contribution in [2.75, 3.05) is 0 Å². The van der Waals surface area contributed by atoms with Crippen molar-refractivity contribution in [3.8, 4) is 0 Å². The van der Waals surface area contributed by atoms with E-state index in [-0.39, 0.29) is 0 Å². The number of aliphatic hydroxyl groups is 1. The van der Waals surface area contributed by atoms with Gasteiger partial charge in [0.25, 0.3) is 0 Å². The van der Waals surface area contributed by atoms with Crippen LogP contribution in [-0.2, 0) is 0 Å². The Bertz CT molecular complexity index is 149. The highest BCUT2D eigenvalue weighted by molar-refractivity contribution is 5.12. The van der Waals surface area contributed by atoms with Gasteiger partial charge in [-0.3, -0.25) is 0 Å². The number of rotatable bonds is 4. The summed E-state index contributed by atoms with van der Waals surface area (Å²) >= 11 is 0. The zero-order valence-electron chi connectivity index (χ0n) is 7.72. The Kier molecular flexibility index (Phi) is 4.12. The molecule has 0 spiro atoms. The first-order chi connectivity index (χ1) is 4.95. The molecule has 0 saturated heterocycles. The second kappa shape index (κ2) is 4.35. The molecule has 0 aliphatic carbocycles. The first-order valence-electron chi connectivity index (χ1n) is 3.97. The lowest BCUT2D eigenvalue weighted by Gasteiger charge is -2.14. The van der Waals surface area contributed by atoms with E-state index in [9.17, 15) is 5.11 Å². The summed E-state index contributed by atoms with van der Waals surface area (Å²) in [5.74, 6) is 0. The van der Waals surface area contributed by atoms with Crippen molar-refractivity contribution in [1.29, 1.82) is 0 Å². The van der Waals surface area contributed by atoms with Gasteiger partial charge in [-0.15, -0.1) is 0 Å². The van der Waals surface area contributed by atoms with Crippen molar-refractivity contribution in [2.45, 2.75) is 39.2 Å². The third-order valence-electron chi connectivity index (χ3n) is 1.54. The van der Waals surface area contributed by atoms with Gasteiger partial charge in [-0.1, -0.05) is 24.3 Å². The molecule has 1 N–H and O–H groups in total. The van der Waals surface area contributed by atoms with Crippen molar-refractivity contribution < 1.29 is 5.11 Å². The standard InChI is InChI=1S/C10H18O/c1-5-9(2)7-6-8-10(3,4)11/h5,7,11H,1,6,8H2,2-4H3/b9-7+. The summed E-state index contributed by atoms with van der Waals surface area (Å²) in [7, 11) is 0. The molecule has 0 atom stereocenters. The van der Waals surface area contributed by atoms with E-state index in [2.05, 4.69) is 12.7 Å². The minimum absolute atomic E-state index is 0.544. The van der Waals surface area contributed by atoms with Gasteiger partial charge in [0, 0.05) is 0 Å². The average molecular weight is 154 g/mol. The molecular weight excluding hydrogens is 136 g/mol. The largest absolute Gasteiger partial charge is 0.390 e. The van der Waals surface area contributed by atoms with Crippen LogP contribution in [0.15, 0.2) is 24.3 Å². The summed E-state index contributed by atoms with van der Waals surface area (Å²) in [4.78, 5) is 0. The summed E-state index contributed by atoms with van der Waals surface area (Å²) in [6.45, 7) is 9.30. The highest BCUT2D eigenvalue weighted by Crippen LogP contribution is 2.11. The topological polar surface area (TPSA) is 20.2 Å². The van der Waals surface area contributed by atoms with E-state index in [1.807, 2.05) is 26.8 Å². The SMILES string of the molecule is C=C/C(C)=C/CCC(C)(C)O. The third-order valence-corrected chi connectivity index (χ3v) is 1.54. The Morgan fingerprint density at radius 1 is 1.55 bits per heavy atom. The molecule has 0 aromatic heterocycles. The van der Waals surface area contributed by atoms with Crippen molar-refractivity contribution in [3.05, 3.63) is 24.3 Å². The van der Waals surface area contributed by atoms with Crippen molar-refractivity contribution >= 4 is 0 Å². The molecule has 0 aliphatic rings. The maximum absolute atomic E-state index is 9.35. The fraction of sp³-hybridized carbons (Fsp3) is 0.600. The summed E-state index contributed by atoms with van der Waals surface area (Å²) in [5.41, 5.74) is 0.632. The molecule has 0 aromatic carbocycles. The van der Waals surface area contributed by atoms with Crippen LogP contribution in [0.4, 0.5) is 0 Å². The average Bonchev–Trinajstić information content (AvgIpc) is 1.85. The minimum atomic E-state index is -0.544. The molecule has 0 aromatic rings. The fourth-order valence-corrected chi connectivity index (χ4v) is 0.736. The van der Waals surface area contributed by atoms with E-state index in [4.69, 9.17) is 0 Å². The predicted molar refractivity (Wildman–Crippen MR) is 49.5 cm³/mol. The van der Waals surface area contributed by atoms with Gasteiger partial charge in [0.1, 0.15) is 0 Å². The molecule has 11 heavy (non-hydrogen) atoms. The summed E-state index contributed by atoms with van der Waals surface area (Å²) in [6.07, 6.45) is 5.63. The van der Waals surface area contributed by atoms with Crippen LogP contribution >= 0.6 is 0 Å². The normalized spacial score (nSPS) is 13.3. The zero-order chi connectivity index (χ0) is 8.91. The van der Waals surface area contributed by atoms with Crippen LogP contribution in [0.2, 0.25) is 0 Å². The summed E-state index contributed by atoms with van der Waals surface area (Å²) in [5, 5.41) is 9.35. The molecule has 0 fully saturated rings. The van der Waals surface area contributed by atoms with Gasteiger partial charge < -0.3 is 5.11 Å². The molecule has 0 saturated carbocycles. The number of hydrogen-bond donors (Lipinski definition) is 1. The Morgan fingerprint density at radius 2 is 2.09 bits per heavy atom. The Morgan fingerprint density at radius 3 is 2.45 bits per heavy atom. The predicted octanol–water partition coefficient (Wildman–Crippen LogP) is 2.67. The van der Waals surface area contributed by atoms with E-state index in [0.717, 1.165) is 12.8 Å². The quantitative estimate of drug-likeness (QED) is 0.617. The third kappa shape index (κ3) is 7.34. The van der Waals surface area contributed by atoms with E-state index in [0.29, 0.717) is 0 Å². The van der Waals surface area contributed by atoms with E-state index >= 15 is 0 Å². The van der Waals surface area contributed by atoms with E-state index < -0.39 is 5.60 Å². The molecule has 64 valence electrons. The van der Waals surface area contributed by atoms with Gasteiger partial charge in [-0.05, 0) is 33.6 Å². The fourth-order valence-electron chi connectivity index (χ4n) is 0.736. The lowest BCUT2D eigenvalue weighted by atomic mass is 10.0. The van der Waals surface area contributed by atoms with Gasteiger partial charge in [-0.25, -0.2) is 0 Å². The lowest BCUT2D eigenvalue weighted by molar-refractivity contribution is 0.0721. The van der Waals surface area contributed by atoms with Crippen LogP contribution in [0.5, 0.6) is 0 Å². The maximum atomic E-state index is 9.35. The smallest absolute Gasteiger partial charge is 0.0594 e. The molecule has 0 rings (SSSR count). The van der Waals surface area contributed by atoms with Crippen molar-refractivity contribution in [1.82, 2.24) is 0 Å². The van der Waals surface area contributed by atoms with Crippen LogP contribution in [0.25, 0.3) is 0 Å². The lowest BCUT2D eigenvalue weighted by Crippen LogP contribution is -2.17. The molecule has 0 aliphatic heterocycles. The van der Waals surface area contributed by atoms with Gasteiger partial charge in [-0.2, -0.15) is 0 Å². The van der Waals surface area contributed by atoms with Crippen LogP contribution < -0.4 is 0 Å². The molecule has 1 heteroatoms. The van der Waals surface area contributed by atoms with Crippen LogP contribution in [0, 0.1) is 0 Å².